The van der Waals surface area contributed by atoms with E-state index in [1.807, 2.05) is 0 Å². The maximum atomic E-state index is 4.01. The Balaban J connectivity index is 1.97. The number of allylic oxidation sites excluding steroid dienone is 5. The first-order valence-electron chi connectivity index (χ1n) is 6.97. The fourth-order valence-corrected chi connectivity index (χ4v) is 4.17. The third kappa shape index (κ3) is 3.01. The van der Waals surface area contributed by atoms with Crippen LogP contribution in [0.4, 0.5) is 0 Å². The second kappa shape index (κ2) is 4.97. The molecule has 0 aromatic rings. The molecule has 0 unspecified atom stereocenters. The summed E-state index contributed by atoms with van der Waals surface area (Å²) < 4.78 is 0. The van der Waals surface area contributed by atoms with Crippen LogP contribution in [0.1, 0.15) is 12.8 Å². The second-order valence-electron chi connectivity index (χ2n) is 6.90. The zero-order valence-corrected chi connectivity index (χ0v) is 12.5. The summed E-state index contributed by atoms with van der Waals surface area (Å²) in [5.74, 6) is 3.18. The highest BCUT2D eigenvalue weighted by atomic mass is 28.3. The minimum atomic E-state index is -0.911. The highest BCUT2D eigenvalue weighted by Gasteiger charge is 2.40. The van der Waals surface area contributed by atoms with Crippen LogP contribution in [0.2, 0.25) is 25.7 Å². The van der Waals surface area contributed by atoms with Crippen LogP contribution in [-0.2, 0) is 0 Å². The second-order valence-corrected chi connectivity index (χ2v) is 12.4. The van der Waals surface area contributed by atoms with Crippen LogP contribution in [0.3, 0.4) is 0 Å². The van der Waals surface area contributed by atoms with Crippen molar-refractivity contribution in [2.45, 2.75) is 38.5 Å². The first-order chi connectivity index (χ1) is 8.01. The molecule has 0 N–H and O–H groups in total. The van der Waals surface area contributed by atoms with E-state index in [1.165, 1.54) is 18.9 Å². The van der Waals surface area contributed by atoms with Gasteiger partial charge in [-0.1, -0.05) is 50.0 Å². The van der Waals surface area contributed by atoms with Crippen molar-refractivity contribution in [2.24, 2.45) is 23.7 Å². The Morgan fingerprint density at radius 3 is 2.71 bits per heavy atom. The summed E-state index contributed by atoms with van der Waals surface area (Å²) in [7, 11) is -0.911. The largest absolute Gasteiger partial charge is 0.103 e. The quantitative estimate of drug-likeness (QED) is 0.489. The molecule has 0 aromatic carbocycles. The summed E-state index contributed by atoms with van der Waals surface area (Å²) in [6.45, 7) is 11.3. The molecule has 0 amide bonds. The third-order valence-electron chi connectivity index (χ3n) is 4.27. The van der Waals surface area contributed by atoms with Gasteiger partial charge in [0.2, 0.25) is 0 Å². The third-order valence-corrected chi connectivity index (χ3v) is 5.73. The van der Waals surface area contributed by atoms with Crippen molar-refractivity contribution in [1.82, 2.24) is 0 Å². The lowest BCUT2D eigenvalue weighted by atomic mass is 9.90. The van der Waals surface area contributed by atoms with Crippen molar-refractivity contribution in [3.05, 3.63) is 37.0 Å². The van der Waals surface area contributed by atoms with E-state index in [9.17, 15) is 0 Å². The highest BCUT2D eigenvalue weighted by Crippen LogP contribution is 2.48. The molecule has 0 saturated heterocycles. The molecule has 0 aromatic heterocycles. The van der Waals surface area contributed by atoms with E-state index in [-0.39, 0.29) is 0 Å². The first kappa shape index (κ1) is 12.9. The van der Waals surface area contributed by atoms with Gasteiger partial charge < -0.3 is 0 Å². The van der Waals surface area contributed by atoms with Gasteiger partial charge in [-0.25, -0.2) is 0 Å². The molecule has 94 valence electrons. The maximum absolute atomic E-state index is 4.01. The van der Waals surface area contributed by atoms with E-state index in [1.54, 1.807) is 0 Å². The average molecular weight is 246 g/mol. The minimum Gasteiger partial charge on any atom is -0.103 e. The zero-order chi connectivity index (χ0) is 12.5. The average Bonchev–Trinajstić information content (AvgIpc) is 2.79. The van der Waals surface area contributed by atoms with Crippen LogP contribution >= 0.6 is 0 Å². The Hall–Kier alpha value is -0.563. The van der Waals surface area contributed by atoms with Crippen molar-refractivity contribution >= 4 is 8.07 Å². The van der Waals surface area contributed by atoms with Crippen LogP contribution in [0, 0.1) is 23.7 Å². The molecule has 2 rings (SSSR count). The molecular formula is C16H26Si. The van der Waals surface area contributed by atoms with Crippen molar-refractivity contribution in [1.29, 1.82) is 0 Å². The Morgan fingerprint density at radius 2 is 2.06 bits per heavy atom. The molecule has 0 nitrogen and oxygen atoms in total. The summed E-state index contributed by atoms with van der Waals surface area (Å²) in [5, 5.41) is 0. The molecule has 0 spiro atoms. The van der Waals surface area contributed by atoms with Gasteiger partial charge in [-0.15, -0.1) is 6.58 Å². The van der Waals surface area contributed by atoms with Gasteiger partial charge in [0.25, 0.3) is 0 Å². The molecular weight excluding hydrogens is 220 g/mol. The summed E-state index contributed by atoms with van der Waals surface area (Å²) in [4.78, 5) is 0. The number of fused-ring (bicyclic) bond motifs is 1. The van der Waals surface area contributed by atoms with Crippen LogP contribution in [0.25, 0.3) is 0 Å². The molecule has 0 heterocycles. The lowest BCUT2D eigenvalue weighted by Gasteiger charge is -2.16. The van der Waals surface area contributed by atoms with Gasteiger partial charge in [-0.05, 0) is 42.6 Å². The predicted octanol–water partition coefficient (Wildman–Crippen LogP) is 4.90. The molecule has 0 radical (unpaired) electrons. The number of hydrogen-bond donors (Lipinski definition) is 0. The van der Waals surface area contributed by atoms with Gasteiger partial charge in [0, 0.05) is 8.07 Å². The van der Waals surface area contributed by atoms with E-state index < -0.39 is 8.07 Å². The van der Waals surface area contributed by atoms with Crippen LogP contribution in [0.15, 0.2) is 37.0 Å². The van der Waals surface area contributed by atoms with E-state index >= 15 is 0 Å². The maximum Gasteiger partial charge on any atom is 0.0480 e. The van der Waals surface area contributed by atoms with Crippen LogP contribution in [-0.4, -0.2) is 8.07 Å². The van der Waals surface area contributed by atoms with E-state index in [0.29, 0.717) is 0 Å². The topological polar surface area (TPSA) is 0 Å². The Bertz CT molecular complexity index is 332. The molecule has 1 fully saturated rings. The molecule has 1 heteroatoms. The van der Waals surface area contributed by atoms with Crippen LogP contribution in [0.5, 0.6) is 0 Å². The van der Waals surface area contributed by atoms with Gasteiger partial charge >= 0.3 is 0 Å². The normalized spacial score (nSPS) is 36.6. The first-order valence-corrected chi connectivity index (χ1v) is 10.7. The van der Waals surface area contributed by atoms with E-state index in [2.05, 4.69) is 56.6 Å². The fourth-order valence-electron chi connectivity index (χ4n) is 3.33. The van der Waals surface area contributed by atoms with Gasteiger partial charge in [0.05, 0.1) is 0 Å². The monoisotopic (exact) mass is 246 g/mol. The molecule has 2 aliphatic carbocycles. The summed E-state index contributed by atoms with van der Waals surface area (Å²) >= 11 is 0. The lowest BCUT2D eigenvalue weighted by molar-refractivity contribution is 0.413. The molecule has 0 bridgehead atoms. The van der Waals surface area contributed by atoms with Crippen molar-refractivity contribution < 1.29 is 0 Å². The summed E-state index contributed by atoms with van der Waals surface area (Å²) in [6, 6.07) is 1.33. The summed E-state index contributed by atoms with van der Waals surface area (Å²) in [6.07, 6.45) is 14.6. The van der Waals surface area contributed by atoms with E-state index in [4.69, 9.17) is 0 Å². The Labute approximate surface area is 108 Å². The highest BCUT2D eigenvalue weighted by molar-refractivity contribution is 6.76. The molecule has 17 heavy (non-hydrogen) atoms. The van der Waals surface area contributed by atoms with Crippen molar-refractivity contribution in [3.63, 3.8) is 0 Å². The SMILES string of the molecule is C=C[C@@H]1C[C@H](/C=C/C[Si](C)(C)C)[C@@H]2CC=C[C@@H]21. The fraction of sp³-hybridized carbons (Fsp3) is 0.625. The van der Waals surface area contributed by atoms with E-state index in [0.717, 1.165) is 23.7 Å². The Morgan fingerprint density at radius 1 is 1.29 bits per heavy atom. The van der Waals surface area contributed by atoms with Crippen LogP contribution < -0.4 is 0 Å². The Kier molecular flexibility index (Phi) is 3.77. The molecule has 4 atom stereocenters. The standard InChI is InChI=1S/C16H26Si/c1-5-13-12-14(8-7-11-17(2,3)4)16-10-6-9-15(13)16/h5-9,13-16H,1,10-12H2,2-4H3/b8-7+/t13-,14+,15-,16+/m1/s1. The molecule has 2 aliphatic rings. The predicted molar refractivity (Wildman–Crippen MR) is 79.8 cm³/mol. The van der Waals surface area contributed by atoms with Gasteiger partial charge in [-0.3, -0.25) is 0 Å². The lowest BCUT2D eigenvalue weighted by Crippen LogP contribution is -2.17. The molecule has 1 saturated carbocycles. The van der Waals surface area contributed by atoms with Gasteiger partial charge in [0.1, 0.15) is 0 Å². The molecule has 0 aliphatic heterocycles. The summed E-state index contributed by atoms with van der Waals surface area (Å²) in [5.41, 5.74) is 0. The minimum absolute atomic E-state index is 0.722. The number of rotatable bonds is 4. The zero-order valence-electron chi connectivity index (χ0n) is 11.5. The number of hydrogen-bond acceptors (Lipinski definition) is 0. The van der Waals surface area contributed by atoms with Gasteiger partial charge in [-0.2, -0.15) is 0 Å². The smallest absolute Gasteiger partial charge is 0.0480 e. The van der Waals surface area contributed by atoms with Crippen molar-refractivity contribution in [3.8, 4) is 0 Å². The van der Waals surface area contributed by atoms with Crippen molar-refractivity contribution in [2.75, 3.05) is 0 Å². The van der Waals surface area contributed by atoms with Gasteiger partial charge in [0.15, 0.2) is 0 Å².